The number of piperazine rings is 1. The molecule has 6 heteroatoms. The largest absolute Gasteiger partial charge is 0.306 e. The van der Waals surface area contributed by atoms with Crippen molar-refractivity contribution in [2.24, 2.45) is 0 Å². The Labute approximate surface area is 133 Å². The first-order chi connectivity index (χ1) is 10.6. The monoisotopic (exact) mass is 323 g/mol. The summed E-state index contributed by atoms with van der Waals surface area (Å²) in [6.45, 7) is 5.19. The quantitative estimate of drug-likeness (QED) is 0.835. The molecule has 0 saturated carbocycles. The maximum Gasteiger partial charge on any atom is 0.243 e. The van der Waals surface area contributed by atoms with Gasteiger partial charge < -0.3 is 4.90 Å². The minimum absolute atomic E-state index is 0.405. The van der Waals surface area contributed by atoms with Crippen molar-refractivity contribution in [3.05, 3.63) is 30.3 Å². The SMILES string of the molecule is CN1CCC(N2CCN(S(=O)(=O)c3ccccc3)CC2)CC1. The van der Waals surface area contributed by atoms with Gasteiger partial charge in [0.25, 0.3) is 0 Å². The molecule has 0 aromatic heterocycles. The Kier molecular flexibility index (Phi) is 4.82. The first-order valence-corrected chi connectivity index (χ1v) is 9.49. The van der Waals surface area contributed by atoms with E-state index in [1.54, 1.807) is 28.6 Å². The molecule has 122 valence electrons. The van der Waals surface area contributed by atoms with Crippen molar-refractivity contribution in [1.82, 2.24) is 14.1 Å². The minimum Gasteiger partial charge on any atom is -0.306 e. The average molecular weight is 323 g/mol. The molecule has 5 nitrogen and oxygen atoms in total. The molecule has 0 aliphatic carbocycles. The highest BCUT2D eigenvalue weighted by molar-refractivity contribution is 7.89. The molecule has 1 aromatic carbocycles. The number of sulfonamides is 1. The van der Waals surface area contributed by atoms with Gasteiger partial charge >= 0.3 is 0 Å². The van der Waals surface area contributed by atoms with Crippen molar-refractivity contribution in [3.63, 3.8) is 0 Å². The summed E-state index contributed by atoms with van der Waals surface area (Å²) in [4.78, 5) is 5.25. The minimum atomic E-state index is -3.33. The normalized spacial score (nSPS) is 23.7. The molecule has 3 rings (SSSR count). The Morgan fingerprint density at radius 3 is 2.09 bits per heavy atom. The van der Waals surface area contributed by atoms with Crippen LogP contribution in [0.25, 0.3) is 0 Å². The molecule has 0 bridgehead atoms. The Balaban J connectivity index is 1.60. The first kappa shape index (κ1) is 15.9. The van der Waals surface area contributed by atoms with Crippen LogP contribution in [0.1, 0.15) is 12.8 Å². The van der Waals surface area contributed by atoms with Crippen LogP contribution in [0.3, 0.4) is 0 Å². The molecule has 2 aliphatic heterocycles. The van der Waals surface area contributed by atoms with Crippen molar-refractivity contribution >= 4 is 10.0 Å². The number of hydrogen-bond donors (Lipinski definition) is 0. The van der Waals surface area contributed by atoms with E-state index in [9.17, 15) is 8.42 Å². The van der Waals surface area contributed by atoms with Crippen molar-refractivity contribution < 1.29 is 8.42 Å². The van der Waals surface area contributed by atoms with Gasteiger partial charge in [0.05, 0.1) is 4.90 Å². The maximum atomic E-state index is 12.6. The number of likely N-dealkylation sites (tertiary alicyclic amines) is 1. The van der Waals surface area contributed by atoms with Gasteiger partial charge in [0.2, 0.25) is 10.0 Å². The Morgan fingerprint density at radius 1 is 0.909 bits per heavy atom. The van der Waals surface area contributed by atoms with Gasteiger partial charge in [0.1, 0.15) is 0 Å². The third-order valence-corrected chi connectivity index (χ3v) is 6.77. The third kappa shape index (κ3) is 3.35. The predicted molar refractivity (Wildman–Crippen MR) is 87.3 cm³/mol. The highest BCUT2D eigenvalue weighted by Gasteiger charge is 2.31. The summed E-state index contributed by atoms with van der Waals surface area (Å²) in [7, 11) is -1.16. The van der Waals surface area contributed by atoms with Gasteiger partial charge in [-0.15, -0.1) is 0 Å². The highest BCUT2D eigenvalue weighted by atomic mass is 32.2. The van der Waals surface area contributed by atoms with Crippen LogP contribution in [0.5, 0.6) is 0 Å². The molecule has 2 heterocycles. The fraction of sp³-hybridized carbons (Fsp3) is 0.625. The Bertz CT molecular complexity index is 575. The van der Waals surface area contributed by atoms with Crippen LogP contribution >= 0.6 is 0 Å². The lowest BCUT2D eigenvalue weighted by Gasteiger charge is -2.41. The zero-order valence-corrected chi connectivity index (χ0v) is 14.0. The molecule has 0 atom stereocenters. The second-order valence-electron chi connectivity index (χ2n) is 6.29. The predicted octanol–water partition coefficient (Wildman–Crippen LogP) is 1.09. The topological polar surface area (TPSA) is 43.9 Å². The van der Waals surface area contributed by atoms with Gasteiger partial charge in [-0.2, -0.15) is 4.31 Å². The lowest BCUT2D eigenvalue weighted by Crippen LogP contribution is -2.53. The number of nitrogens with zero attached hydrogens (tertiary/aromatic N) is 3. The first-order valence-electron chi connectivity index (χ1n) is 8.05. The van der Waals surface area contributed by atoms with Crippen LogP contribution in [-0.2, 0) is 10.0 Å². The van der Waals surface area contributed by atoms with Gasteiger partial charge in [-0.05, 0) is 45.1 Å². The van der Waals surface area contributed by atoms with Crippen LogP contribution in [0.15, 0.2) is 35.2 Å². The lowest BCUT2D eigenvalue weighted by atomic mass is 10.0. The summed E-state index contributed by atoms with van der Waals surface area (Å²) >= 11 is 0. The molecular formula is C16H25N3O2S. The average Bonchev–Trinajstić information content (AvgIpc) is 2.56. The van der Waals surface area contributed by atoms with Gasteiger partial charge in [-0.1, -0.05) is 18.2 Å². The zero-order chi connectivity index (χ0) is 15.6. The van der Waals surface area contributed by atoms with Gasteiger partial charge in [0.15, 0.2) is 0 Å². The second kappa shape index (κ2) is 6.66. The smallest absolute Gasteiger partial charge is 0.243 e. The molecule has 0 radical (unpaired) electrons. The molecule has 22 heavy (non-hydrogen) atoms. The molecule has 0 amide bonds. The van der Waals surface area contributed by atoms with Gasteiger partial charge in [-0.25, -0.2) is 8.42 Å². The van der Waals surface area contributed by atoms with E-state index >= 15 is 0 Å². The van der Waals surface area contributed by atoms with E-state index in [0.717, 1.165) is 26.2 Å². The van der Waals surface area contributed by atoms with Crippen LogP contribution in [0.4, 0.5) is 0 Å². The van der Waals surface area contributed by atoms with Crippen LogP contribution < -0.4 is 0 Å². The van der Waals surface area contributed by atoms with Crippen LogP contribution in [-0.4, -0.2) is 74.9 Å². The number of hydrogen-bond acceptors (Lipinski definition) is 4. The van der Waals surface area contributed by atoms with Gasteiger partial charge in [0, 0.05) is 32.2 Å². The Hall–Kier alpha value is -0.950. The van der Waals surface area contributed by atoms with E-state index < -0.39 is 10.0 Å². The van der Waals surface area contributed by atoms with Crippen molar-refractivity contribution in [2.75, 3.05) is 46.3 Å². The van der Waals surface area contributed by atoms with Crippen molar-refractivity contribution in [1.29, 1.82) is 0 Å². The molecule has 1 aromatic rings. The number of piperidine rings is 1. The second-order valence-corrected chi connectivity index (χ2v) is 8.23. The highest BCUT2D eigenvalue weighted by Crippen LogP contribution is 2.21. The van der Waals surface area contributed by atoms with Crippen molar-refractivity contribution in [3.8, 4) is 0 Å². The summed E-state index contributed by atoms with van der Waals surface area (Å²) in [6.07, 6.45) is 2.39. The zero-order valence-electron chi connectivity index (χ0n) is 13.2. The van der Waals surface area contributed by atoms with E-state index in [2.05, 4.69) is 16.8 Å². The molecule has 2 fully saturated rings. The van der Waals surface area contributed by atoms with Gasteiger partial charge in [-0.3, -0.25) is 4.90 Å². The standard InChI is InChI=1S/C16H25N3O2S/c1-17-9-7-15(8-10-17)18-11-13-19(14-12-18)22(20,21)16-5-3-2-4-6-16/h2-6,15H,7-14H2,1H3. The molecule has 2 aliphatic rings. The number of benzene rings is 1. The van der Waals surface area contributed by atoms with E-state index in [-0.39, 0.29) is 0 Å². The Morgan fingerprint density at radius 2 is 1.50 bits per heavy atom. The molecule has 0 N–H and O–H groups in total. The van der Waals surface area contributed by atoms with E-state index in [0.29, 0.717) is 24.0 Å². The molecule has 0 unspecified atom stereocenters. The van der Waals surface area contributed by atoms with Crippen LogP contribution in [0, 0.1) is 0 Å². The van der Waals surface area contributed by atoms with Crippen molar-refractivity contribution in [2.45, 2.75) is 23.8 Å². The van der Waals surface area contributed by atoms with Crippen LogP contribution in [0.2, 0.25) is 0 Å². The fourth-order valence-corrected chi connectivity index (χ4v) is 4.85. The lowest BCUT2D eigenvalue weighted by molar-refractivity contribution is 0.0892. The summed E-state index contributed by atoms with van der Waals surface area (Å²) in [6, 6.07) is 9.38. The number of rotatable bonds is 3. The molecule has 0 spiro atoms. The van der Waals surface area contributed by atoms with E-state index in [1.165, 1.54) is 12.8 Å². The molecule has 2 saturated heterocycles. The summed E-state index contributed by atoms with van der Waals surface area (Å²) in [5.41, 5.74) is 0. The summed E-state index contributed by atoms with van der Waals surface area (Å²) in [5.74, 6) is 0. The summed E-state index contributed by atoms with van der Waals surface area (Å²) < 4.78 is 26.9. The maximum absolute atomic E-state index is 12.6. The third-order valence-electron chi connectivity index (χ3n) is 4.86. The molecular weight excluding hydrogens is 298 g/mol. The summed E-state index contributed by atoms with van der Waals surface area (Å²) in [5, 5.41) is 0. The van der Waals surface area contributed by atoms with E-state index in [4.69, 9.17) is 0 Å². The fourth-order valence-electron chi connectivity index (χ4n) is 3.41. The van der Waals surface area contributed by atoms with E-state index in [1.807, 2.05) is 6.07 Å².